The largest absolute Gasteiger partial charge is 0.468 e. The van der Waals surface area contributed by atoms with Gasteiger partial charge in [-0.2, -0.15) is 0 Å². The number of amides is 1. The summed E-state index contributed by atoms with van der Waals surface area (Å²) in [6, 6.07) is 13.2. The van der Waals surface area contributed by atoms with Crippen molar-refractivity contribution >= 4 is 11.9 Å². The molecule has 0 unspecified atom stereocenters. The van der Waals surface area contributed by atoms with Gasteiger partial charge in [-0.25, -0.2) is 0 Å². The number of benzene rings is 1. The van der Waals surface area contributed by atoms with Crippen LogP contribution in [-0.4, -0.2) is 30.5 Å². The maximum atomic E-state index is 12.0. The number of hydrogen-bond donors (Lipinski definition) is 1. The minimum atomic E-state index is -0.491. The van der Waals surface area contributed by atoms with E-state index in [1.807, 2.05) is 30.3 Å². The van der Waals surface area contributed by atoms with Crippen molar-refractivity contribution in [2.75, 3.05) is 13.7 Å². The van der Waals surface area contributed by atoms with Gasteiger partial charge in [0.2, 0.25) is 0 Å². The van der Waals surface area contributed by atoms with Gasteiger partial charge in [0.25, 0.3) is 5.91 Å². The van der Waals surface area contributed by atoms with Crippen LogP contribution in [0.25, 0.3) is 11.3 Å². The third-order valence-corrected chi connectivity index (χ3v) is 3.02. The third kappa shape index (κ3) is 3.66. The van der Waals surface area contributed by atoms with E-state index in [1.165, 1.54) is 7.11 Å². The lowest BCUT2D eigenvalue weighted by Crippen LogP contribution is -2.30. The van der Waals surface area contributed by atoms with Crippen molar-refractivity contribution in [3.8, 4) is 11.3 Å². The summed E-state index contributed by atoms with van der Waals surface area (Å²) in [5.74, 6) is -0.833. The lowest BCUT2D eigenvalue weighted by Gasteiger charge is -2.08. The molecule has 1 aromatic carbocycles. The van der Waals surface area contributed by atoms with Crippen LogP contribution >= 0.6 is 0 Å². The molecule has 5 nitrogen and oxygen atoms in total. The van der Waals surface area contributed by atoms with Crippen molar-refractivity contribution in [2.24, 2.45) is 0 Å². The summed E-state index contributed by atoms with van der Waals surface area (Å²) in [6.45, 7) is 1.61. The molecule has 108 valence electrons. The molecular weight excluding hydrogens is 268 g/mol. The fraction of sp³-hybridized carbons (Fsp3) is 0.188. The van der Waals surface area contributed by atoms with Crippen molar-refractivity contribution in [3.05, 3.63) is 53.7 Å². The van der Waals surface area contributed by atoms with Crippen LogP contribution in [0.2, 0.25) is 0 Å². The third-order valence-electron chi connectivity index (χ3n) is 3.02. The SMILES string of the molecule is COC(=O)CNC(=O)c1ccc(-c2ccccc2)nc1C. The van der Waals surface area contributed by atoms with Crippen LogP contribution in [0.15, 0.2) is 42.5 Å². The second-order valence-electron chi connectivity index (χ2n) is 4.45. The van der Waals surface area contributed by atoms with Crippen LogP contribution < -0.4 is 5.32 Å². The number of aryl methyl sites for hydroxylation is 1. The normalized spacial score (nSPS) is 10.0. The van der Waals surface area contributed by atoms with Crippen LogP contribution in [0, 0.1) is 6.92 Å². The first-order valence-electron chi connectivity index (χ1n) is 6.50. The molecular formula is C16H16N2O3. The molecule has 0 fully saturated rings. The number of methoxy groups -OCH3 is 1. The maximum Gasteiger partial charge on any atom is 0.325 e. The molecule has 5 heteroatoms. The summed E-state index contributed by atoms with van der Waals surface area (Å²) < 4.78 is 4.47. The lowest BCUT2D eigenvalue weighted by atomic mass is 10.1. The van der Waals surface area contributed by atoms with E-state index in [-0.39, 0.29) is 12.5 Å². The first kappa shape index (κ1) is 14.7. The molecule has 0 aliphatic rings. The highest BCUT2D eigenvalue weighted by atomic mass is 16.5. The van der Waals surface area contributed by atoms with Crippen LogP contribution in [0.3, 0.4) is 0 Å². The number of nitrogens with zero attached hydrogens (tertiary/aromatic N) is 1. The molecule has 1 aromatic heterocycles. The van der Waals surface area contributed by atoms with Crippen molar-refractivity contribution in [2.45, 2.75) is 6.92 Å². The quantitative estimate of drug-likeness (QED) is 0.871. The van der Waals surface area contributed by atoms with Gasteiger partial charge < -0.3 is 10.1 Å². The molecule has 0 bridgehead atoms. The number of carbonyl (C=O) groups is 2. The second kappa shape index (κ2) is 6.65. The molecule has 2 rings (SSSR count). The molecule has 1 N–H and O–H groups in total. The Balaban J connectivity index is 2.16. The summed E-state index contributed by atoms with van der Waals surface area (Å²) in [6.07, 6.45) is 0. The fourth-order valence-electron chi connectivity index (χ4n) is 1.89. The number of nitrogens with one attached hydrogen (secondary N) is 1. The molecule has 0 radical (unpaired) electrons. The smallest absolute Gasteiger partial charge is 0.325 e. The Hall–Kier alpha value is -2.69. The summed E-state index contributed by atoms with van der Waals surface area (Å²) >= 11 is 0. The molecule has 1 amide bonds. The molecule has 0 aliphatic carbocycles. The Kier molecular flexibility index (Phi) is 4.66. The van der Waals surface area contributed by atoms with Gasteiger partial charge in [0.05, 0.1) is 24.1 Å². The molecule has 1 heterocycles. The van der Waals surface area contributed by atoms with Crippen molar-refractivity contribution in [3.63, 3.8) is 0 Å². The first-order valence-corrected chi connectivity index (χ1v) is 6.50. The van der Waals surface area contributed by atoms with E-state index in [1.54, 1.807) is 19.1 Å². The average Bonchev–Trinajstić information content (AvgIpc) is 2.53. The zero-order valence-corrected chi connectivity index (χ0v) is 11.9. The van der Waals surface area contributed by atoms with E-state index in [4.69, 9.17) is 0 Å². The molecule has 0 saturated carbocycles. The van der Waals surface area contributed by atoms with E-state index in [2.05, 4.69) is 15.0 Å². The Bertz CT molecular complexity index is 654. The van der Waals surface area contributed by atoms with Crippen LogP contribution in [0.4, 0.5) is 0 Å². The van der Waals surface area contributed by atoms with Crippen LogP contribution in [0.1, 0.15) is 16.1 Å². The van der Waals surface area contributed by atoms with E-state index < -0.39 is 5.97 Å². The van der Waals surface area contributed by atoms with Gasteiger partial charge in [-0.1, -0.05) is 30.3 Å². The number of esters is 1. The van der Waals surface area contributed by atoms with Crippen molar-refractivity contribution in [1.82, 2.24) is 10.3 Å². The van der Waals surface area contributed by atoms with E-state index in [0.717, 1.165) is 11.3 Å². The Morgan fingerprint density at radius 1 is 1.14 bits per heavy atom. The zero-order chi connectivity index (χ0) is 15.2. The number of hydrogen-bond acceptors (Lipinski definition) is 4. The Labute approximate surface area is 123 Å². The maximum absolute atomic E-state index is 12.0. The van der Waals surface area contributed by atoms with Gasteiger partial charge in [0.15, 0.2) is 0 Å². The Morgan fingerprint density at radius 3 is 2.48 bits per heavy atom. The second-order valence-corrected chi connectivity index (χ2v) is 4.45. The minimum Gasteiger partial charge on any atom is -0.468 e. The molecule has 0 aliphatic heterocycles. The van der Waals surface area contributed by atoms with Crippen LogP contribution in [0.5, 0.6) is 0 Å². The highest BCUT2D eigenvalue weighted by Gasteiger charge is 2.12. The molecule has 0 atom stereocenters. The zero-order valence-electron chi connectivity index (χ0n) is 11.9. The van der Waals surface area contributed by atoms with E-state index >= 15 is 0 Å². The van der Waals surface area contributed by atoms with Gasteiger partial charge >= 0.3 is 5.97 Å². The van der Waals surface area contributed by atoms with Gasteiger partial charge in [-0.05, 0) is 19.1 Å². The first-order chi connectivity index (χ1) is 10.1. The average molecular weight is 284 g/mol. The molecule has 21 heavy (non-hydrogen) atoms. The number of ether oxygens (including phenoxy) is 1. The summed E-state index contributed by atoms with van der Waals surface area (Å²) in [7, 11) is 1.27. The van der Waals surface area contributed by atoms with Gasteiger partial charge in [-0.15, -0.1) is 0 Å². The summed E-state index contributed by atoms with van der Waals surface area (Å²) in [5.41, 5.74) is 2.84. The topological polar surface area (TPSA) is 68.3 Å². The van der Waals surface area contributed by atoms with Gasteiger partial charge in [0.1, 0.15) is 6.54 Å². The highest BCUT2D eigenvalue weighted by Crippen LogP contribution is 2.18. The number of pyridine rings is 1. The molecule has 0 spiro atoms. The number of carbonyl (C=O) groups excluding carboxylic acids is 2. The van der Waals surface area contributed by atoms with Crippen molar-refractivity contribution in [1.29, 1.82) is 0 Å². The van der Waals surface area contributed by atoms with Gasteiger partial charge in [-0.3, -0.25) is 14.6 Å². The van der Waals surface area contributed by atoms with Crippen molar-refractivity contribution < 1.29 is 14.3 Å². The predicted molar refractivity (Wildman–Crippen MR) is 78.8 cm³/mol. The fourth-order valence-corrected chi connectivity index (χ4v) is 1.89. The van der Waals surface area contributed by atoms with Gasteiger partial charge in [0, 0.05) is 5.56 Å². The number of rotatable bonds is 4. The molecule has 2 aromatic rings. The lowest BCUT2D eigenvalue weighted by molar-refractivity contribution is -0.139. The van der Waals surface area contributed by atoms with Crippen LogP contribution in [-0.2, 0) is 9.53 Å². The highest BCUT2D eigenvalue weighted by molar-refractivity contribution is 5.97. The minimum absolute atomic E-state index is 0.158. The number of aromatic nitrogens is 1. The van der Waals surface area contributed by atoms with E-state index in [9.17, 15) is 9.59 Å². The monoisotopic (exact) mass is 284 g/mol. The molecule has 0 saturated heterocycles. The van der Waals surface area contributed by atoms with E-state index in [0.29, 0.717) is 11.3 Å². The Morgan fingerprint density at radius 2 is 1.86 bits per heavy atom. The summed E-state index contributed by atoms with van der Waals surface area (Å²) in [5, 5.41) is 2.50. The summed E-state index contributed by atoms with van der Waals surface area (Å²) in [4.78, 5) is 27.4. The standard InChI is InChI=1S/C16H16N2O3/c1-11-13(16(20)17-10-15(19)21-2)8-9-14(18-11)12-6-4-3-5-7-12/h3-9H,10H2,1-2H3,(H,17,20). The predicted octanol–water partition coefficient (Wildman–Crippen LogP) is 1.96.